The third kappa shape index (κ3) is 4.55. The predicted octanol–water partition coefficient (Wildman–Crippen LogP) is 3.52. The maximum absolute atomic E-state index is 3.54. The average Bonchev–Trinajstić information content (AvgIpc) is 2.38. The molecule has 0 aromatic heterocycles. The molecule has 1 saturated carbocycles. The third-order valence-electron chi connectivity index (χ3n) is 4.85. The number of rotatable bonds is 7. The van der Waals surface area contributed by atoms with Gasteiger partial charge >= 0.3 is 0 Å². The van der Waals surface area contributed by atoms with E-state index in [0.29, 0.717) is 6.04 Å². The molecule has 0 amide bonds. The van der Waals surface area contributed by atoms with E-state index in [4.69, 9.17) is 0 Å². The predicted molar refractivity (Wildman–Crippen MR) is 81.0 cm³/mol. The van der Waals surface area contributed by atoms with E-state index in [0.717, 1.165) is 17.9 Å². The Morgan fingerprint density at radius 1 is 1.22 bits per heavy atom. The zero-order valence-electron chi connectivity index (χ0n) is 13.2. The SMILES string of the molecule is CCCCCN(C)C1CC(C(C)C)CCC1NC. The second-order valence-electron chi connectivity index (χ2n) is 6.47. The van der Waals surface area contributed by atoms with Crippen LogP contribution in [0.1, 0.15) is 59.3 Å². The van der Waals surface area contributed by atoms with Crippen molar-refractivity contribution in [2.75, 3.05) is 20.6 Å². The molecule has 0 radical (unpaired) electrons. The van der Waals surface area contributed by atoms with E-state index in [1.807, 2.05) is 0 Å². The van der Waals surface area contributed by atoms with Crippen LogP contribution in [0.15, 0.2) is 0 Å². The average molecular weight is 254 g/mol. The molecule has 1 N–H and O–H groups in total. The van der Waals surface area contributed by atoms with Gasteiger partial charge in [-0.2, -0.15) is 0 Å². The van der Waals surface area contributed by atoms with E-state index in [9.17, 15) is 0 Å². The van der Waals surface area contributed by atoms with E-state index in [1.54, 1.807) is 0 Å². The molecule has 18 heavy (non-hydrogen) atoms. The molecule has 0 aliphatic heterocycles. The lowest BCUT2D eigenvalue weighted by Crippen LogP contribution is -2.51. The maximum Gasteiger partial charge on any atom is 0.0248 e. The van der Waals surface area contributed by atoms with Gasteiger partial charge in [0.05, 0.1) is 0 Å². The minimum Gasteiger partial charge on any atom is -0.315 e. The van der Waals surface area contributed by atoms with Crippen molar-refractivity contribution in [2.24, 2.45) is 11.8 Å². The minimum absolute atomic E-state index is 0.701. The second kappa shape index (κ2) is 8.16. The fraction of sp³-hybridized carbons (Fsp3) is 1.00. The monoisotopic (exact) mass is 254 g/mol. The summed E-state index contributed by atoms with van der Waals surface area (Å²) in [6.45, 7) is 8.32. The van der Waals surface area contributed by atoms with Crippen molar-refractivity contribution in [1.29, 1.82) is 0 Å². The van der Waals surface area contributed by atoms with Gasteiger partial charge in [-0.1, -0.05) is 33.6 Å². The largest absolute Gasteiger partial charge is 0.315 e. The number of unbranched alkanes of at least 4 members (excludes halogenated alkanes) is 2. The quantitative estimate of drug-likeness (QED) is 0.699. The molecular weight excluding hydrogens is 220 g/mol. The van der Waals surface area contributed by atoms with Gasteiger partial charge in [0, 0.05) is 12.1 Å². The first-order valence-corrected chi connectivity index (χ1v) is 7.97. The van der Waals surface area contributed by atoms with Crippen molar-refractivity contribution < 1.29 is 0 Å². The Morgan fingerprint density at radius 2 is 1.94 bits per heavy atom. The molecule has 1 aliphatic carbocycles. The summed E-state index contributed by atoms with van der Waals surface area (Å²) in [5, 5.41) is 3.54. The normalized spacial score (nSPS) is 29.2. The van der Waals surface area contributed by atoms with Crippen LogP contribution in [-0.2, 0) is 0 Å². The summed E-state index contributed by atoms with van der Waals surface area (Å²) in [7, 11) is 4.46. The van der Waals surface area contributed by atoms with Crippen LogP contribution >= 0.6 is 0 Å². The Labute approximate surface area is 115 Å². The van der Waals surface area contributed by atoms with Gasteiger partial charge in [-0.3, -0.25) is 0 Å². The molecule has 1 fully saturated rings. The first-order chi connectivity index (χ1) is 8.60. The topological polar surface area (TPSA) is 15.3 Å². The molecule has 1 aliphatic rings. The third-order valence-corrected chi connectivity index (χ3v) is 4.85. The van der Waals surface area contributed by atoms with Crippen molar-refractivity contribution in [2.45, 2.75) is 71.4 Å². The molecule has 2 nitrogen and oxygen atoms in total. The zero-order valence-corrected chi connectivity index (χ0v) is 13.2. The number of hydrogen-bond donors (Lipinski definition) is 1. The van der Waals surface area contributed by atoms with Crippen molar-refractivity contribution in [3.63, 3.8) is 0 Å². The molecule has 2 heteroatoms. The lowest BCUT2D eigenvalue weighted by molar-refractivity contribution is 0.104. The van der Waals surface area contributed by atoms with Gasteiger partial charge in [0.2, 0.25) is 0 Å². The van der Waals surface area contributed by atoms with Gasteiger partial charge in [0.1, 0.15) is 0 Å². The van der Waals surface area contributed by atoms with Gasteiger partial charge < -0.3 is 10.2 Å². The highest BCUT2D eigenvalue weighted by Crippen LogP contribution is 2.32. The number of likely N-dealkylation sites (N-methyl/N-ethyl adjacent to an activating group) is 2. The summed E-state index contributed by atoms with van der Waals surface area (Å²) < 4.78 is 0. The summed E-state index contributed by atoms with van der Waals surface area (Å²) >= 11 is 0. The Hall–Kier alpha value is -0.0800. The summed E-state index contributed by atoms with van der Waals surface area (Å²) in [5.74, 6) is 1.77. The molecular formula is C16H34N2. The summed E-state index contributed by atoms with van der Waals surface area (Å²) in [5.41, 5.74) is 0. The van der Waals surface area contributed by atoms with Gasteiger partial charge in [0.15, 0.2) is 0 Å². The maximum atomic E-state index is 3.54. The highest BCUT2D eigenvalue weighted by molar-refractivity contribution is 4.90. The van der Waals surface area contributed by atoms with E-state index in [2.05, 4.69) is 45.1 Å². The molecule has 3 atom stereocenters. The molecule has 108 valence electrons. The van der Waals surface area contributed by atoms with Crippen LogP contribution in [0.25, 0.3) is 0 Å². The first-order valence-electron chi connectivity index (χ1n) is 7.97. The molecule has 0 bridgehead atoms. The molecule has 0 aromatic rings. The Morgan fingerprint density at radius 3 is 2.50 bits per heavy atom. The Kier molecular flexibility index (Phi) is 7.25. The van der Waals surface area contributed by atoms with Crippen molar-refractivity contribution in [3.05, 3.63) is 0 Å². The highest BCUT2D eigenvalue weighted by Gasteiger charge is 2.32. The van der Waals surface area contributed by atoms with Crippen molar-refractivity contribution in [1.82, 2.24) is 10.2 Å². The molecule has 0 spiro atoms. The second-order valence-corrected chi connectivity index (χ2v) is 6.47. The van der Waals surface area contributed by atoms with E-state index in [1.165, 1.54) is 45.1 Å². The lowest BCUT2D eigenvalue weighted by Gasteiger charge is -2.42. The summed E-state index contributed by atoms with van der Waals surface area (Å²) in [6, 6.07) is 1.44. The van der Waals surface area contributed by atoms with Gasteiger partial charge in [-0.25, -0.2) is 0 Å². The van der Waals surface area contributed by atoms with E-state index < -0.39 is 0 Å². The smallest absolute Gasteiger partial charge is 0.0248 e. The first kappa shape index (κ1) is 16.0. The fourth-order valence-electron chi connectivity index (χ4n) is 3.38. The van der Waals surface area contributed by atoms with Crippen LogP contribution in [0.3, 0.4) is 0 Å². The van der Waals surface area contributed by atoms with Crippen LogP contribution in [0, 0.1) is 11.8 Å². The summed E-state index contributed by atoms with van der Waals surface area (Å²) in [4.78, 5) is 2.62. The highest BCUT2D eigenvalue weighted by atomic mass is 15.2. The van der Waals surface area contributed by atoms with Gasteiger partial charge in [-0.05, 0) is 58.2 Å². The van der Waals surface area contributed by atoms with Gasteiger partial charge in [0.25, 0.3) is 0 Å². The Bertz CT molecular complexity index is 215. The van der Waals surface area contributed by atoms with Gasteiger partial charge in [-0.15, -0.1) is 0 Å². The number of nitrogens with zero attached hydrogens (tertiary/aromatic N) is 1. The molecule has 1 rings (SSSR count). The minimum atomic E-state index is 0.701. The van der Waals surface area contributed by atoms with Crippen LogP contribution in [-0.4, -0.2) is 37.6 Å². The van der Waals surface area contributed by atoms with Crippen LogP contribution in [0.4, 0.5) is 0 Å². The van der Waals surface area contributed by atoms with Crippen molar-refractivity contribution in [3.8, 4) is 0 Å². The zero-order chi connectivity index (χ0) is 13.5. The standard InChI is InChI=1S/C16H34N2/c1-6-7-8-11-18(5)16-12-14(13(2)3)9-10-15(16)17-4/h13-17H,6-12H2,1-5H3. The Balaban J connectivity index is 2.50. The van der Waals surface area contributed by atoms with Crippen molar-refractivity contribution >= 4 is 0 Å². The molecule has 3 unspecified atom stereocenters. The number of hydrogen-bond acceptors (Lipinski definition) is 2. The van der Waals surface area contributed by atoms with Crippen LogP contribution < -0.4 is 5.32 Å². The summed E-state index contributed by atoms with van der Waals surface area (Å²) in [6.07, 6.45) is 8.18. The van der Waals surface area contributed by atoms with E-state index in [-0.39, 0.29) is 0 Å². The fourth-order valence-corrected chi connectivity index (χ4v) is 3.38. The van der Waals surface area contributed by atoms with Crippen LogP contribution in [0.2, 0.25) is 0 Å². The lowest BCUT2D eigenvalue weighted by atomic mass is 9.76. The molecule has 0 aromatic carbocycles. The van der Waals surface area contributed by atoms with E-state index >= 15 is 0 Å². The van der Waals surface area contributed by atoms with Crippen LogP contribution in [0.5, 0.6) is 0 Å². The number of nitrogens with one attached hydrogen (secondary N) is 1. The molecule has 0 saturated heterocycles. The molecule has 0 heterocycles.